The first-order chi connectivity index (χ1) is 11.3. The molecular formula is C16H14INO5S. The summed E-state index contributed by atoms with van der Waals surface area (Å²) in [6.45, 7) is 0. The quantitative estimate of drug-likeness (QED) is 0.711. The fourth-order valence-corrected chi connectivity index (χ4v) is 4.73. The summed E-state index contributed by atoms with van der Waals surface area (Å²) in [6, 6.07) is 10.0. The second kappa shape index (κ2) is 6.25. The predicted molar refractivity (Wildman–Crippen MR) is 96.9 cm³/mol. The SMILES string of the molecule is COc1ccc2c(c1)CC(C(=O)O)N2S(=O)(=O)c1ccc(I)cc1. The molecule has 0 aliphatic carbocycles. The van der Waals surface area contributed by atoms with Crippen molar-refractivity contribution < 1.29 is 23.1 Å². The Morgan fingerprint density at radius 1 is 1.25 bits per heavy atom. The van der Waals surface area contributed by atoms with Gasteiger partial charge in [-0.2, -0.15) is 0 Å². The number of halogens is 1. The number of nitrogens with zero attached hydrogens (tertiary/aromatic N) is 1. The van der Waals surface area contributed by atoms with Crippen LogP contribution in [-0.2, 0) is 21.2 Å². The van der Waals surface area contributed by atoms with Gasteiger partial charge in [-0.15, -0.1) is 0 Å². The lowest BCUT2D eigenvalue weighted by Gasteiger charge is -2.24. The largest absolute Gasteiger partial charge is 0.497 e. The summed E-state index contributed by atoms with van der Waals surface area (Å²) in [7, 11) is -2.47. The normalized spacial score (nSPS) is 16.8. The van der Waals surface area contributed by atoms with Crippen molar-refractivity contribution in [2.45, 2.75) is 17.4 Å². The number of carboxylic acid groups (broad SMARTS) is 1. The first-order valence-electron chi connectivity index (χ1n) is 7.04. The third-order valence-electron chi connectivity index (χ3n) is 3.88. The highest BCUT2D eigenvalue weighted by Gasteiger charge is 2.42. The van der Waals surface area contributed by atoms with E-state index in [1.54, 1.807) is 30.3 Å². The van der Waals surface area contributed by atoms with Crippen molar-refractivity contribution in [1.82, 2.24) is 0 Å². The number of anilines is 1. The van der Waals surface area contributed by atoms with Crippen molar-refractivity contribution >= 4 is 44.3 Å². The predicted octanol–water partition coefficient (Wildman–Crippen LogP) is 2.50. The van der Waals surface area contributed by atoms with E-state index < -0.39 is 22.0 Å². The molecular weight excluding hydrogens is 445 g/mol. The van der Waals surface area contributed by atoms with Gasteiger partial charge < -0.3 is 9.84 Å². The van der Waals surface area contributed by atoms with Gasteiger partial charge >= 0.3 is 5.97 Å². The highest BCUT2D eigenvalue weighted by atomic mass is 127. The van der Waals surface area contributed by atoms with Gasteiger partial charge in [0.2, 0.25) is 0 Å². The first kappa shape index (κ1) is 17.0. The molecule has 6 nitrogen and oxygen atoms in total. The minimum absolute atomic E-state index is 0.0674. The third kappa shape index (κ3) is 2.84. The van der Waals surface area contributed by atoms with Gasteiger partial charge in [0.15, 0.2) is 0 Å². The van der Waals surface area contributed by atoms with E-state index in [0.29, 0.717) is 17.0 Å². The molecule has 3 rings (SSSR count). The molecule has 0 saturated carbocycles. The number of rotatable bonds is 4. The van der Waals surface area contributed by atoms with E-state index in [2.05, 4.69) is 22.6 Å². The summed E-state index contributed by atoms with van der Waals surface area (Å²) in [4.78, 5) is 11.7. The summed E-state index contributed by atoms with van der Waals surface area (Å²) in [5.74, 6) is -0.620. The number of hydrogen-bond donors (Lipinski definition) is 1. The molecule has 126 valence electrons. The van der Waals surface area contributed by atoms with E-state index in [-0.39, 0.29) is 11.3 Å². The molecule has 0 aromatic heterocycles. The monoisotopic (exact) mass is 459 g/mol. The number of aliphatic carboxylic acids is 1. The molecule has 1 heterocycles. The van der Waals surface area contributed by atoms with Crippen molar-refractivity contribution in [2.24, 2.45) is 0 Å². The molecule has 0 bridgehead atoms. The summed E-state index contributed by atoms with van der Waals surface area (Å²) in [6.07, 6.45) is 0.103. The minimum Gasteiger partial charge on any atom is -0.497 e. The Morgan fingerprint density at radius 2 is 1.92 bits per heavy atom. The van der Waals surface area contributed by atoms with E-state index in [1.807, 2.05) is 0 Å². The number of carbonyl (C=O) groups is 1. The summed E-state index contributed by atoms with van der Waals surface area (Å²) in [5.41, 5.74) is 1.01. The number of ether oxygens (including phenoxy) is 1. The van der Waals surface area contributed by atoms with Crippen molar-refractivity contribution in [1.29, 1.82) is 0 Å². The Morgan fingerprint density at radius 3 is 2.50 bits per heavy atom. The van der Waals surface area contributed by atoms with Crippen LogP contribution in [-0.4, -0.2) is 32.6 Å². The van der Waals surface area contributed by atoms with Crippen molar-refractivity contribution in [3.63, 3.8) is 0 Å². The van der Waals surface area contributed by atoms with Crippen molar-refractivity contribution in [3.05, 3.63) is 51.6 Å². The van der Waals surface area contributed by atoms with Crippen LogP contribution in [0.15, 0.2) is 47.4 Å². The van der Waals surface area contributed by atoms with E-state index >= 15 is 0 Å². The van der Waals surface area contributed by atoms with Crippen LogP contribution < -0.4 is 9.04 Å². The van der Waals surface area contributed by atoms with Crippen LogP contribution in [0.1, 0.15) is 5.56 Å². The fraction of sp³-hybridized carbons (Fsp3) is 0.188. The molecule has 1 aliphatic rings. The van der Waals surface area contributed by atoms with Gasteiger partial charge in [-0.25, -0.2) is 13.2 Å². The molecule has 2 aromatic rings. The third-order valence-corrected chi connectivity index (χ3v) is 6.43. The van der Waals surface area contributed by atoms with Gasteiger partial charge in [0.1, 0.15) is 11.8 Å². The van der Waals surface area contributed by atoms with E-state index in [0.717, 1.165) is 7.88 Å². The van der Waals surface area contributed by atoms with Gasteiger partial charge in [0.05, 0.1) is 17.7 Å². The Labute approximate surface area is 153 Å². The standard InChI is InChI=1S/C16H14INO5S/c1-23-12-4-7-14-10(8-12)9-15(16(19)20)18(14)24(21,22)13-5-2-11(17)3-6-13/h2-8,15H,9H2,1H3,(H,19,20). The Kier molecular flexibility index (Phi) is 4.43. The summed E-state index contributed by atoms with van der Waals surface area (Å²) < 4.78 is 33.0. The smallest absolute Gasteiger partial charge is 0.327 e. The van der Waals surface area contributed by atoms with Gasteiger partial charge in [0, 0.05) is 9.99 Å². The average Bonchev–Trinajstić information content (AvgIpc) is 2.94. The van der Waals surface area contributed by atoms with Gasteiger partial charge in [-0.3, -0.25) is 4.31 Å². The van der Waals surface area contributed by atoms with Gasteiger partial charge in [-0.1, -0.05) is 0 Å². The molecule has 0 radical (unpaired) electrons. The Balaban J connectivity index is 2.13. The summed E-state index contributed by atoms with van der Waals surface area (Å²) in [5, 5.41) is 9.50. The maximum atomic E-state index is 13.0. The van der Waals surface area contributed by atoms with E-state index in [1.165, 1.54) is 19.2 Å². The molecule has 1 atom stereocenters. The maximum Gasteiger partial charge on any atom is 0.327 e. The molecule has 24 heavy (non-hydrogen) atoms. The van der Waals surface area contributed by atoms with Crippen LogP contribution in [0, 0.1) is 3.57 Å². The van der Waals surface area contributed by atoms with Crippen LogP contribution in [0.3, 0.4) is 0 Å². The van der Waals surface area contributed by atoms with Crippen molar-refractivity contribution in [3.8, 4) is 5.75 Å². The molecule has 0 amide bonds. The molecule has 1 unspecified atom stereocenters. The van der Waals surface area contributed by atoms with Crippen LogP contribution >= 0.6 is 22.6 Å². The number of benzene rings is 2. The van der Waals surface area contributed by atoms with Gasteiger partial charge in [-0.05, 0) is 70.6 Å². The Bertz CT molecular complexity index is 895. The number of carboxylic acids is 1. The molecule has 0 spiro atoms. The summed E-state index contributed by atoms with van der Waals surface area (Å²) >= 11 is 2.08. The highest BCUT2D eigenvalue weighted by Crippen LogP contribution is 2.38. The fourth-order valence-electron chi connectivity index (χ4n) is 2.73. The molecule has 8 heteroatoms. The number of fused-ring (bicyclic) bond motifs is 1. The second-order valence-corrected chi connectivity index (χ2v) is 8.37. The van der Waals surface area contributed by atoms with Crippen LogP contribution in [0.25, 0.3) is 0 Å². The average molecular weight is 459 g/mol. The molecule has 0 saturated heterocycles. The second-order valence-electron chi connectivity index (χ2n) is 5.31. The lowest BCUT2D eigenvalue weighted by molar-refractivity contribution is -0.138. The topological polar surface area (TPSA) is 83.9 Å². The van der Waals surface area contributed by atoms with Crippen LogP contribution in [0.2, 0.25) is 0 Å². The lowest BCUT2D eigenvalue weighted by Crippen LogP contribution is -2.42. The van der Waals surface area contributed by atoms with Crippen LogP contribution in [0.4, 0.5) is 5.69 Å². The van der Waals surface area contributed by atoms with Crippen LogP contribution in [0.5, 0.6) is 5.75 Å². The zero-order chi connectivity index (χ0) is 17.5. The minimum atomic E-state index is -3.97. The zero-order valence-electron chi connectivity index (χ0n) is 12.6. The van der Waals surface area contributed by atoms with Gasteiger partial charge in [0.25, 0.3) is 10.0 Å². The molecule has 1 aliphatic heterocycles. The van der Waals surface area contributed by atoms with E-state index in [9.17, 15) is 18.3 Å². The lowest BCUT2D eigenvalue weighted by atomic mass is 10.1. The molecule has 0 fully saturated rings. The van der Waals surface area contributed by atoms with E-state index in [4.69, 9.17) is 4.74 Å². The number of hydrogen-bond acceptors (Lipinski definition) is 4. The van der Waals surface area contributed by atoms with Crippen molar-refractivity contribution in [2.75, 3.05) is 11.4 Å². The number of methoxy groups -OCH3 is 1. The number of sulfonamides is 1. The highest BCUT2D eigenvalue weighted by molar-refractivity contribution is 14.1. The Hall–Kier alpha value is -1.81. The first-order valence-corrected chi connectivity index (χ1v) is 9.56. The molecule has 2 aromatic carbocycles. The maximum absolute atomic E-state index is 13.0. The zero-order valence-corrected chi connectivity index (χ0v) is 15.6. The molecule has 1 N–H and O–H groups in total.